The number of aromatic nitrogens is 3. The van der Waals surface area contributed by atoms with E-state index in [0.717, 1.165) is 33.6 Å². The van der Waals surface area contributed by atoms with Crippen molar-refractivity contribution in [3.8, 4) is 56.2 Å². The zero-order chi connectivity index (χ0) is 28.6. The summed E-state index contributed by atoms with van der Waals surface area (Å²) in [6, 6.07) is 49.0. The number of thiophene rings is 1. The van der Waals surface area contributed by atoms with Crippen LogP contribution in [0.1, 0.15) is 0 Å². The average molecular weight is 568 g/mol. The molecule has 3 heterocycles. The van der Waals surface area contributed by atoms with Crippen molar-refractivity contribution >= 4 is 31.5 Å². The van der Waals surface area contributed by atoms with Crippen LogP contribution in [0.15, 0.2) is 152 Å². The molecule has 0 bridgehead atoms. The highest BCUT2D eigenvalue weighted by Crippen LogP contribution is 2.40. The van der Waals surface area contributed by atoms with Crippen LogP contribution in [0.5, 0.6) is 0 Å². The molecule has 0 unspecified atom stereocenters. The number of hydrogen-bond donors (Lipinski definition) is 0. The second-order valence-electron chi connectivity index (χ2n) is 10.5. The molecule has 0 atom stereocenters. The molecule has 0 saturated carbocycles. The van der Waals surface area contributed by atoms with Crippen molar-refractivity contribution in [1.82, 2.24) is 15.0 Å². The van der Waals surface area contributed by atoms with Gasteiger partial charge in [-0.1, -0.05) is 103 Å². The summed E-state index contributed by atoms with van der Waals surface area (Å²) < 4.78 is 2.61. The van der Waals surface area contributed by atoms with Gasteiger partial charge in [-0.25, -0.2) is 9.97 Å². The third kappa shape index (κ3) is 4.78. The molecule has 0 aliphatic carbocycles. The molecule has 0 saturated heterocycles. The Morgan fingerprint density at radius 2 is 1.07 bits per heavy atom. The number of nitrogens with zero attached hydrogens (tertiary/aromatic N) is 3. The highest BCUT2D eigenvalue weighted by molar-refractivity contribution is 7.26. The molecule has 8 rings (SSSR count). The molecule has 0 radical (unpaired) electrons. The fraction of sp³-hybridized carbons (Fsp3) is 0. The molecule has 3 aromatic heterocycles. The summed E-state index contributed by atoms with van der Waals surface area (Å²) >= 11 is 1.85. The maximum absolute atomic E-state index is 5.06. The van der Waals surface area contributed by atoms with Crippen molar-refractivity contribution in [2.24, 2.45) is 0 Å². The van der Waals surface area contributed by atoms with Crippen molar-refractivity contribution in [3.63, 3.8) is 0 Å². The van der Waals surface area contributed by atoms with E-state index < -0.39 is 0 Å². The Morgan fingerprint density at radius 1 is 0.442 bits per heavy atom. The van der Waals surface area contributed by atoms with Gasteiger partial charge in [0.25, 0.3) is 0 Å². The maximum atomic E-state index is 5.06. The molecule has 0 aliphatic rings. The predicted molar refractivity (Wildman–Crippen MR) is 180 cm³/mol. The summed E-state index contributed by atoms with van der Waals surface area (Å²) in [7, 11) is 0. The van der Waals surface area contributed by atoms with Crippen LogP contribution in [0.2, 0.25) is 0 Å². The molecule has 0 fully saturated rings. The Morgan fingerprint density at radius 3 is 1.86 bits per heavy atom. The minimum absolute atomic E-state index is 0.655. The number of fused-ring (bicyclic) bond motifs is 3. The van der Waals surface area contributed by atoms with Crippen LogP contribution in [0, 0.1) is 0 Å². The van der Waals surface area contributed by atoms with Crippen LogP contribution in [0.25, 0.3) is 76.3 Å². The highest BCUT2D eigenvalue weighted by atomic mass is 32.1. The number of pyridine rings is 1. The number of benzene rings is 5. The van der Waals surface area contributed by atoms with Gasteiger partial charge < -0.3 is 0 Å². The molecule has 3 nitrogen and oxygen atoms in total. The lowest BCUT2D eigenvalue weighted by Crippen LogP contribution is -1.96. The number of rotatable bonds is 5. The van der Waals surface area contributed by atoms with Gasteiger partial charge in [-0.2, -0.15) is 0 Å². The normalized spacial score (nSPS) is 11.3. The summed E-state index contributed by atoms with van der Waals surface area (Å²) in [6.07, 6.45) is 3.59. The first-order valence-electron chi connectivity index (χ1n) is 14.3. The second kappa shape index (κ2) is 10.8. The lowest BCUT2D eigenvalue weighted by Gasteiger charge is -2.11. The molecule has 202 valence electrons. The molecule has 0 amide bonds. The monoisotopic (exact) mass is 567 g/mol. The van der Waals surface area contributed by atoms with Crippen molar-refractivity contribution in [3.05, 3.63) is 152 Å². The average Bonchev–Trinajstić information content (AvgIpc) is 3.48. The zero-order valence-corrected chi connectivity index (χ0v) is 24.0. The van der Waals surface area contributed by atoms with Gasteiger partial charge in [0.05, 0.1) is 11.4 Å². The molecule has 0 spiro atoms. The maximum Gasteiger partial charge on any atom is 0.161 e. The molecule has 8 aromatic rings. The third-order valence-corrected chi connectivity index (χ3v) is 9.00. The van der Waals surface area contributed by atoms with E-state index in [-0.39, 0.29) is 0 Å². The standard InChI is InChI=1S/C39H25N3S/c1-2-10-26(11-3-1)27-12-6-14-29(22-27)35-24-36(42-39(41-35)31-16-9-21-40-25-31)30-15-7-13-28(23-30)32-18-8-19-34-33-17-4-5-20-37(33)43-38(32)34/h1-25H. The lowest BCUT2D eigenvalue weighted by molar-refractivity contribution is 1.17. The summed E-state index contributed by atoms with van der Waals surface area (Å²) in [5.41, 5.74) is 9.45. The van der Waals surface area contributed by atoms with Gasteiger partial charge in [0.15, 0.2) is 5.82 Å². The van der Waals surface area contributed by atoms with E-state index in [1.165, 1.54) is 36.9 Å². The van der Waals surface area contributed by atoms with Crippen LogP contribution in [0.3, 0.4) is 0 Å². The molecule has 0 N–H and O–H groups in total. The predicted octanol–water partition coefficient (Wildman–Crippen LogP) is 10.6. The quantitative estimate of drug-likeness (QED) is 0.208. The first-order chi connectivity index (χ1) is 21.3. The minimum Gasteiger partial charge on any atom is -0.264 e. The van der Waals surface area contributed by atoms with E-state index >= 15 is 0 Å². The van der Waals surface area contributed by atoms with Crippen LogP contribution in [0.4, 0.5) is 0 Å². The van der Waals surface area contributed by atoms with Crippen molar-refractivity contribution in [1.29, 1.82) is 0 Å². The SMILES string of the molecule is c1ccc(-c2cccc(-c3cc(-c4cccc(-c5cccc6c5sc5ccccc56)c4)nc(-c4cccnc4)n3)c2)cc1. The Labute approximate surface area is 253 Å². The van der Waals surface area contributed by atoms with Gasteiger partial charge in [0.2, 0.25) is 0 Å². The smallest absolute Gasteiger partial charge is 0.161 e. The summed E-state index contributed by atoms with van der Waals surface area (Å²) in [4.78, 5) is 14.4. The summed E-state index contributed by atoms with van der Waals surface area (Å²) in [6.45, 7) is 0. The third-order valence-electron chi connectivity index (χ3n) is 7.78. The minimum atomic E-state index is 0.655. The van der Waals surface area contributed by atoms with Crippen LogP contribution >= 0.6 is 11.3 Å². The first kappa shape index (κ1) is 25.3. The Hall–Kier alpha value is -5.45. The fourth-order valence-corrected chi connectivity index (χ4v) is 6.91. The van der Waals surface area contributed by atoms with Gasteiger partial charge in [0.1, 0.15) is 0 Å². The first-order valence-corrected chi connectivity index (χ1v) is 15.1. The topological polar surface area (TPSA) is 38.7 Å². The molecule has 0 aliphatic heterocycles. The fourth-order valence-electron chi connectivity index (χ4n) is 5.68. The second-order valence-corrected chi connectivity index (χ2v) is 11.6. The zero-order valence-electron chi connectivity index (χ0n) is 23.2. The van der Waals surface area contributed by atoms with Gasteiger partial charge in [-0.15, -0.1) is 11.3 Å². The van der Waals surface area contributed by atoms with E-state index in [4.69, 9.17) is 9.97 Å². The van der Waals surface area contributed by atoms with E-state index in [0.29, 0.717) is 5.82 Å². The summed E-state index contributed by atoms with van der Waals surface area (Å²) in [5, 5.41) is 2.60. The Kier molecular flexibility index (Phi) is 6.32. The van der Waals surface area contributed by atoms with E-state index in [9.17, 15) is 0 Å². The molecular weight excluding hydrogens is 543 g/mol. The van der Waals surface area contributed by atoms with E-state index in [1.54, 1.807) is 6.20 Å². The van der Waals surface area contributed by atoms with Gasteiger partial charge in [-0.05, 0) is 58.7 Å². The highest BCUT2D eigenvalue weighted by Gasteiger charge is 2.14. The van der Waals surface area contributed by atoms with Gasteiger partial charge in [-0.3, -0.25) is 4.98 Å². The molecule has 5 aromatic carbocycles. The van der Waals surface area contributed by atoms with Gasteiger partial charge in [0, 0.05) is 49.3 Å². The lowest BCUT2D eigenvalue weighted by atomic mass is 9.98. The molecular formula is C39H25N3S. The Balaban J connectivity index is 1.28. The van der Waals surface area contributed by atoms with Crippen LogP contribution < -0.4 is 0 Å². The van der Waals surface area contributed by atoms with E-state index in [2.05, 4.69) is 126 Å². The Bertz CT molecular complexity index is 2240. The number of hydrogen-bond acceptors (Lipinski definition) is 4. The van der Waals surface area contributed by atoms with Crippen molar-refractivity contribution < 1.29 is 0 Å². The van der Waals surface area contributed by atoms with Crippen LogP contribution in [-0.4, -0.2) is 15.0 Å². The molecule has 43 heavy (non-hydrogen) atoms. The summed E-state index contributed by atoms with van der Waals surface area (Å²) in [5.74, 6) is 0.655. The van der Waals surface area contributed by atoms with Crippen molar-refractivity contribution in [2.45, 2.75) is 0 Å². The largest absolute Gasteiger partial charge is 0.264 e. The van der Waals surface area contributed by atoms with E-state index in [1.807, 2.05) is 35.7 Å². The van der Waals surface area contributed by atoms with Gasteiger partial charge >= 0.3 is 0 Å². The van der Waals surface area contributed by atoms with Crippen LogP contribution in [-0.2, 0) is 0 Å². The molecule has 4 heteroatoms. The van der Waals surface area contributed by atoms with Crippen molar-refractivity contribution in [2.75, 3.05) is 0 Å².